The van der Waals surface area contributed by atoms with Crippen LogP contribution in [0.4, 0.5) is 0 Å². The highest BCUT2D eigenvalue weighted by molar-refractivity contribution is 5.88. The van der Waals surface area contributed by atoms with Gasteiger partial charge in [0.25, 0.3) is 0 Å². The van der Waals surface area contributed by atoms with Gasteiger partial charge in [-0.2, -0.15) is 10.5 Å². The highest BCUT2D eigenvalue weighted by atomic mass is 35.5. The molecule has 8 heteroatoms. The number of hydrogen-bond acceptors (Lipinski definition) is 5. The molecular formula is C24H26ClN5O2. The van der Waals surface area contributed by atoms with E-state index in [0.29, 0.717) is 50.1 Å². The van der Waals surface area contributed by atoms with Crippen LogP contribution in [0.5, 0.6) is 0 Å². The third-order valence-electron chi connectivity index (χ3n) is 5.48. The molecule has 3 rings (SSSR count). The maximum absolute atomic E-state index is 12.6. The molecule has 2 amide bonds. The number of hydrogen-bond donors (Lipinski definition) is 3. The fourth-order valence-electron chi connectivity index (χ4n) is 3.64. The van der Waals surface area contributed by atoms with Crippen molar-refractivity contribution in [1.29, 1.82) is 10.5 Å². The van der Waals surface area contributed by atoms with E-state index in [1.54, 1.807) is 24.3 Å². The molecule has 1 aliphatic rings. The molecule has 0 saturated carbocycles. The minimum Gasteiger partial charge on any atom is -0.355 e. The van der Waals surface area contributed by atoms with Gasteiger partial charge in [-0.25, -0.2) is 0 Å². The Morgan fingerprint density at radius 2 is 1.16 bits per heavy atom. The largest absolute Gasteiger partial charge is 0.355 e. The van der Waals surface area contributed by atoms with Crippen molar-refractivity contribution in [2.75, 3.05) is 26.2 Å². The molecular weight excluding hydrogens is 426 g/mol. The summed E-state index contributed by atoms with van der Waals surface area (Å²) < 4.78 is 0. The lowest BCUT2D eigenvalue weighted by Gasteiger charge is -2.18. The Bertz CT molecular complexity index is 912. The summed E-state index contributed by atoms with van der Waals surface area (Å²) in [5, 5.41) is 26.7. The Labute approximate surface area is 194 Å². The second-order valence-corrected chi connectivity index (χ2v) is 7.57. The third kappa shape index (κ3) is 6.81. The number of nitrogens with one attached hydrogen (secondary N) is 3. The van der Waals surface area contributed by atoms with Crippen LogP contribution in [-0.4, -0.2) is 38.0 Å². The van der Waals surface area contributed by atoms with Gasteiger partial charge in [0.1, 0.15) is 0 Å². The summed E-state index contributed by atoms with van der Waals surface area (Å²) in [7, 11) is 0. The van der Waals surface area contributed by atoms with Crippen LogP contribution in [0.1, 0.15) is 22.3 Å². The van der Waals surface area contributed by atoms with Gasteiger partial charge in [-0.05, 0) is 48.2 Å². The van der Waals surface area contributed by atoms with Crippen LogP contribution >= 0.6 is 12.4 Å². The van der Waals surface area contributed by atoms with Gasteiger partial charge in [-0.3, -0.25) is 9.59 Å². The Morgan fingerprint density at radius 1 is 0.781 bits per heavy atom. The summed E-state index contributed by atoms with van der Waals surface area (Å²) >= 11 is 0. The van der Waals surface area contributed by atoms with E-state index < -0.39 is 11.8 Å². The van der Waals surface area contributed by atoms with Gasteiger partial charge in [-0.15, -0.1) is 12.4 Å². The van der Waals surface area contributed by atoms with Gasteiger partial charge in [0.2, 0.25) is 11.8 Å². The van der Waals surface area contributed by atoms with E-state index >= 15 is 0 Å². The zero-order valence-corrected chi connectivity index (χ0v) is 18.5. The summed E-state index contributed by atoms with van der Waals surface area (Å²) in [4.78, 5) is 25.2. The average molecular weight is 452 g/mol. The van der Waals surface area contributed by atoms with Gasteiger partial charge in [0, 0.05) is 26.2 Å². The van der Waals surface area contributed by atoms with Crippen molar-refractivity contribution in [1.82, 2.24) is 16.0 Å². The quantitative estimate of drug-likeness (QED) is 0.564. The summed E-state index contributed by atoms with van der Waals surface area (Å²) in [5.74, 6) is -1.02. The number of carbonyl (C=O) groups excluding carboxylic acids is 2. The number of carbonyl (C=O) groups is 2. The van der Waals surface area contributed by atoms with E-state index in [0.717, 1.165) is 11.1 Å². The average Bonchev–Trinajstić information content (AvgIpc) is 3.30. The molecule has 0 radical (unpaired) electrons. The fraction of sp³-hybridized carbons (Fsp3) is 0.333. The van der Waals surface area contributed by atoms with E-state index in [-0.39, 0.29) is 24.2 Å². The molecule has 1 saturated heterocycles. The van der Waals surface area contributed by atoms with Gasteiger partial charge in [0.05, 0.1) is 35.1 Å². The highest BCUT2D eigenvalue weighted by Crippen LogP contribution is 2.17. The first-order chi connectivity index (χ1) is 15.1. The predicted molar refractivity (Wildman–Crippen MR) is 123 cm³/mol. The molecule has 0 spiro atoms. The Kier molecular flexibility index (Phi) is 9.69. The van der Waals surface area contributed by atoms with Crippen molar-refractivity contribution < 1.29 is 9.59 Å². The van der Waals surface area contributed by atoms with Gasteiger partial charge in [0.15, 0.2) is 0 Å². The van der Waals surface area contributed by atoms with Crippen molar-refractivity contribution in [3.05, 3.63) is 70.8 Å². The Morgan fingerprint density at radius 3 is 1.50 bits per heavy atom. The van der Waals surface area contributed by atoms with Crippen LogP contribution < -0.4 is 16.0 Å². The minimum absolute atomic E-state index is 0. The summed E-state index contributed by atoms with van der Waals surface area (Å²) in [5.41, 5.74) is 3.30. The number of amides is 2. The van der Waals surface area contributed by atoms with Gasteiger partial charge >= 0.3 is 0 Å². The van der Waals surface area contributed by atoms with E-state index in [9.17, 15) is 9.59 Å². The lowest BCUT2D eigenvalue weighted by Crippen LogP contribution is -2.42. The maximum Gasteiger partial charge on any atom is 0.225 e. The van der Waals surface area contributed by atoms with Gasteiger partial charge in [-0.1, -0.05) is 24.3 Å². The molecule has 166 valence electrons. The molecule has 3 N–H and O–H groups in total. The van der Waals surface area contributed by atoms with Crippen LogP contribution in [0, 0.1) is 34.5 Å². The molecule has 32 heavy (non-hydrogen) atoms. The van der Waals surface area contributed by atoms with E-state index in [2.05, 4.69) is 28.1 Å². The standard InChI is InChI=1S/C24H25N5O2.ClH/c25-13-19-5-1-17(2-6-19)9-11-28-23(30)21-15-27-16-22(21)24(31)29-12-10-18-3-7-20(14-26)8-4-18;/h1-8,21-22,27H,9-12,15-16H2,(H,28,30)(H,29,31);1H/t21-,22-;/m0./s1. The summed E-state index contributed by atoms with van der Waals surface area (Å²) in [6.45, 7) is 1.93. The number of benzene rings is 2. The normalized spacial score (nSPS) is 16.8. The molecule has 1 aliphatic heterocycles. The minimum atomic E-state index is -0.393. The van der Waals surface area contributed by atoms with Crippen molar-refractivity contribution in [2.45, 2.75) is 12.8 Å². The van der Waals surface area contributed by atoms with Crippen LogP contribution in [-0.2, 0) is 22.4 Å². The summed E-state index contributed by atoms with van der Waals surface area (Å²) in [6.07, 6.45) is 1.33. The zero-order chi connectivity index (χ0) is 22.1. The SMILES string of the molecule is Cl.N#Cc1ccc(CCNC(=O)[C@H]2CNC[C@@H]2C(=O)NCCc2ccc(C#N)cc2)cc1. The number of nitrogens with zero attached hydrogens (tertiary/aromatic N) is 2. The van der Waals surface area contributed by atoms with Crippen LogP contribution in [0.3, 0.4) is 0 Å². The van der Waals surface area contributed by atoms with Crippen molar-refractivity contribution in [3.63, 3.8) is 0 Å². The molecule has 2 aromatic rings. The molecule has 2 atom stereocenters. The second kappa shape index (κ2) is 12.5. The smallest absolute Gasteiger partial charge is 0.225 e. The monoisotopic (exact) mass is 451 g/mol. The van der Waals surface area contributed by atoms with Crippen LogP contribution in [0.25, 0.3) is 0 Å². The van der Waals surface area contributed by atoms with E-state index in [4.69, 9.17) is 10.5 Å². The molecule has 0 unspecified atom stereocenters. The molecule has 0 aliphatic carbocycles. The number of halogens is 1. The molecule has 1 fully saturated rings. The lowest BCUT2D eigenvalue weighted by molar-refractivity contribution is -0.132. The zero-order valence-electron chi connectivity index (χ0n) is 17.6. The first-order valence-electron chi connectivity index (χ1n) is 10.3. The second-order valence-electron chi connectivity index (χ2n) is 7.57. The molecule has 2 aromatic carbocycles. The topological polar surface area (TPSA) is 118 Å². The lowest BCUT2D eigenvalue weighted by atomic mass is 9.94. The third-order valence-corrected chi connectivity index (χ3v) is 5.48. The fourth-order valence-corrected chi connectivity index (χ4v) is 3.64. The molecule has 1 heterocycles. The van der Waals surface area contributed by atoms with Crippen molar-refractivity contribution in [2.24, 2.45) is 11.8 Å². The predicted octanol–water partition coefficient (Wildman–Crippen LogP) is 1.70. The molecule has 0 aromatic heterocycles. The number of nitriles is 2. The Hall–Kier alpha value is -3.39. The summed E-state index contributed by atoms with van der Waals surface area (Å²) in [6, 6.07) is 18.7. The first kappa shape index (κ1) is 24.9. The van der Waals surface area contributed by atoms with Crippen molar-refractivity contribution >= 4 is 24.2 Å². The molecule has 7 nitrogen and oxygen atoms in total. The Balaban J connectivity index is 0.00000363. The maximum atomic E-state index is 12.6. The van der Waals surface area contributed by atoms with Crippen LogP contribution in [0.2, 0.25) is 0 Å². The molecule has 0 bridgehead atoms. The van der Waals surface area contributed by atoms with Gasteiger partial charge < -0.3 is 16.0 Å². The van der Waals surface area contributed by atoms with E-state index in [1.165, 1.54) is 0 Å². The first-order valence-corrected chi connectivity index (χ1v) is 10.3. The van der Waals surface area contributed by atoms with Crippen LogP contribution in [0.15, 0.2) is 48.5 Å². The van der Waals surface area contributed by atoms with Crippen molar-refractivity contribution in [3.8, 4) is 12.1 Å². The van der Waals surface area contributed by atoms with E-state index in [1.807, 2.05) is 24.3 Å². The highest BCUT2D eigenvalue weighted by Gasteiger charge is 2.37. The number of rotatable bonds is 8.